The number of hydrazine groups is 1. The fourth-order valence-electron chi connectivity index (χ4n) is 3.66. The van der Waals surface area contributed by atoms with Gasteiger partial charge in [0.05, 0.1) is 25.3 Å². The second-order valence-corrected chi connectivity index (χ2v) is 8.44. The van der Waals surface area contributed by atoms with Crippen LogP contribution in [-0.4, -0.2) is 44.0 Å². The third-order valence-electron chi connectivity index (χ3n) is 5.14. The molecule has 0 saturated carbocycles. The number of nitrogens with one attached hydrogen (secondary N) is 3. The van der Waals surface area contributed by atoms with Crippen molar-refractivity contribution in [2.75, 3.05) is 31.9 Å². The summed E-state index contributed by atoms with van der Waals surface area (Å²) in [7, 11) is 1.60. The van der Waals surface area contributed by atoms with Crippen molar-refractivity contribution in [1.29, 1.82) is 0 Å². The summed E-state index contributed by atoms with van der Waals surface area (Å²) in [5, 5.41) is 4.68. The van der Waals surface area contributed by atoms with Gasteiger partial charge in [0, 0.05) is 17.6 Å². The lowest BCUT2D eigenvalue weighted by Crippen LogP contribution is -2.32. The average Bonchev–Trinajstić information content (AvgIpc) is 3.15. The largest absolute Gasteiger partial charge is 0.495 e. The Morgan fingerprint density at radius 2 is 1.78 bits per heavy atom. The molecule has 7 nitrogen and oxygen atoms in total. The van der Waals surface area contributed by atoms with Crippen LogP contribution in [0.15, 0.2) is 41.4 Å². The van der Waals surface area contributed by atoms with Gasteiger partial charge in [0.25, 0.3) is 0 Å². The summed E-state index contributed by atoms with van der Waals surface area (Å²) in [5.41, 5.74) is 8.62. The van der Waals surface area contributed by atoms with Gasteiger partial charge in [0.15, 0.2) is 16.7 Å². The zero-order chi connectivity index (χ0) is 23.1. The van der Waals surface area contributed by atoms with E-state index in [-0.39, 0.29) is 18.1 Å². The van der Waals surface area contributed by atoms with Gasteiger partial charge in [0.1, 0.15) is 11.9 Å². The van der Waals surface area contributed by atoms with Gasteiger partial charge in [0.2, 0.25) is 0 Å². The normalized spacial score (nSPS) is 20.8. The molecule has 174 valence electrons. The smallest absolute Gasteiger partial charge is 0.162 e. The van der Waals surface area contributed by atoms with E-state index in [4.69, 9.17) is 30.8 Å². The van der Waals surface area contributed by atoms with Gasteiger partial charge in [-0.05, 0) is 62.9 Å². The number of nitrogens with zero attached hydrogens (tertiary/aromatic N) is 1. The second kappa shape index (κ2) is 11.7. The highest BCUT2D eigenvalue weighted by atomic mass is 35.5. The standard InChI is InChI=1S/C23H31ClN4O3S/c1-6-30-19-10-8-15(12-20(19)31-7-2)21-14(3)27-28-22(21)26-23(32-5)25-16-9-11-18(29-4)17(24)13-16/h8-14,21-22,27-28H,6-7H2,1-5H3,(H,25,26). The highest BCUT2D eigenvalue weighted by Crippen LogP contribution is 2.36. The molecule has 0 aliphatic carbocycles. The van der Waals surface area contributed by atoms with Gasteiger partial charge < -0.3 is 19.5 Å². The van der Waals surface area contributed by atoms with Crippen LogP contribution in [0.3, 0.4) is 0 Å². The Kier molecular flexibility index (Phi) is 8.92. The number of amidine groups is 1. The summed E-state index contributed by atoms with van der Waals surface area (Å²) in [6.07, 6.45) is 1.82. The molecule has 1 fully saturated rings. The fraction of sp³-hybridized carbons (Fsp3) is 0.435. The van der Waals surface area contributed by atoms with Crippen molar-refractivity contribution in [3.8, 4) is 17.2 Å². The topological polar surface area (TPSA) is 76.1 Å². The minimum absolute atomic E-state index is 0.105. The molecule has 3 atom stereocenters. The molecule has 0 amide bonds. The number of anilines is 1. The Hall–Kier alpha value is -2.13. The van der Waals surface area contributed by atoms with Crippen LogP contribution in [0.5, 0.6) is 17.2 Å². The van der Waals surface area contributed by atoms with Crippen molar-refractivity contribution in [2.45, 2.75) is 38.9 Å². The molecule has 3 unspecified atom stereocenters. The maximum absolute atomic E-state index is 6.27. The van der Waals surface area contributed by atoms with E-state index >= 15 is 0 Å². The summed E-state index contributed by atoms with van der Waals surface area (Å²) < 4.78 is 16.8. The third kappa shape index (κ3) is 5.81. The molecule has 0 radical (unpaired) electrons. The van der Waals surface area contributed by atoms with Crippen LogP contribution in [0, 0.1) is 0 Å². The van der Waals surface area contributed by atoms with Crippen molar-refractivity contribution < 1.29 is 14.2 Å². The van der Waals surface area contributed by atoms with E-state index in [0.29, 0.717) is 24.0 Å². The number of methoxy groups -OCH3 is 1. The van der Waals surface area contributed by atoms with Gasteiger partial charge in [-0.25, -0.2) is 10.4 Å². The van der Waals surface area contributed by atoms with Gasteiger partial charge >= 0.3 is 0 Å². The van der Waals surface area contributed by atoms with Gasteiger partial charge in [-0.2, -0.15) is 0 Å². The fourth-order valence-corrected chi connectivity index (χ4v) is 4.35. The molecular formula is C23H31ClN4O3S. The van der Waals surface area contributed by atoms with E-state index < -0.39 is 0 Å². The Balaban J connectivity index is 1.85. The molecule has 3 rings (SSSR count). The van der Waals surface area contributed by atoms with Crippen LogP contribution in [0.1, 0.15) is 32.3 Å². The van der Waals surface area contributed by atoms with E-state index in [0.717, 1.165) is 27.9 Å². The Morgan fingerprint density at radius 3 is 2.44 bits per heavy atom. The van der Waals surface area contributed by atoms with Crippen LogP contribution >= 0.6 is 23.4 Å². The van der Waals surface area contributed by atoms with Crippen molar-refractivity contribution in [3.63, 3.8) is 0 Å². The van der Waals surface area contributed by atoms with Gasteiger partial charge in [-0.3, -0.25) is 5.43 Å². The van der Waals surface area contributed by atoms with E-state index in [2.05, 4.69) is 35.2 Å². The quantitative estimate of drug-likeness (QED) is 0.368. The lowest BCUT2D eigenvalue weighted by atomic mass is 9.91. The van der Waals surface area contributed by atoms with Crippen LogP contribution < -0.4 is 30.4 Å². The predicted octanol–water partition coefficient (Wildman–Crippen LogP) is 4.88. The van der Waals surface area contributed by atoms with E-state index in [1.54, 1.807) is 7.11 Å². The van der Waals surface area contributed by atoms with Crippen LogP contribution in [-0.2, 0) is 0 Å². The van der Waals surface area contributed by atoms with Crippen molar-refractivity contribution in [3.05, 3.63) is 47.0 Å². The molecule has 1 aliphatic heterocycles. The SMILES string of the molecule is CCOc1ccc(C2C(C)NNC2/N=C(/Nc2ccc(OC)c(Cl)c2)SC)cc1OCC. The molecular weight excluding hydrogens is 448 g/mol. The Labute approximate surface area is 199 Å². The minimum Gasteiger partial charge on any atom is -0.495 e. The maximum atomic E-state index is 6.27. The number of rotatable bonds is 8. The number of aliphatic imine (C=N–C) groups is 1. The molecule has 1 aliphatic rings. The summed E-state index contributed by atoms with van der Waals surface area (Å²) in [5.74, 6) is 2.25. The van der Waals surface area contributed by atoms with Crippen molar-refractivity contribution in [2.24, 2.45) is 4.99 Å². The molecule has 32 heavy (non-hydrogen) atoms. The van der Waals surface area contributed by atoms with Crippen LogP contribution in [0.25, 0.3) is 0 Å². The summed E-state index contributed by atoms with van der Waals surface area (Å²) in [6, 6.07) is 11.9. The molecule has 9 heteroatoms. The molecule has 1 saturated heterocycles. The Morgan fingerprint density at radius 1 is 1.06 bits per heavy atom. The molecule has 0 spiro atoms. The monoisotopic (exact) mass is 478 g/mol. The number of halogens is 1. The molecule has 0 aromatic heterocycles. The molecule has 3 N–H and O–H groups in total. The van der Waals surface area contributed by atoms with E-state index in [9.17, 15) is 0 Å². The predicted molar refractivity (Wildman–Crippen MR) is 134 cm³/mol. The number of thioether (sulfide) groups is 1. The summed E-state index contributed by atoms with van der Waals surface area (Å²) >= 11 is 7.81. The zero-order valence-corrected chi connectivity index (χ0v) is 20.6. The molecule has 2 aromatic carbocycles. The molecule has 2 aromatic rings. The first kappa shape index (κ1) is 24.5. The number of hydrogen-bond acceptors (Lipinski definition) is 7. The first-order valence-electron chi connectivity index (χ1n) is 10.6. The number of hydrogen-bond donors (Lipinski definition) is 3. The summed E-state index contributed by atoms with van der Waals surface area (Å²) in [4.78, 5) is 4.95. The maximum Gasteiger partial charge on any atom is 0.162 e. The first-order valence-corrected chi connectivity index (χ1v) is 12.2. The van der Waals surface area contributed by atoms with E-state index in [1.165, 1.54) is 11.8 Å². The van der Waals surface area contributed by atoms with Crippen LogP contribution in [0.2, 0.25) is 5.02 Å². The number of benzene rings is 2. The minimum atomic E-state index is -0.166. The van der Waals surface area contributed by atoms with Crippen molar-refractivity contribution in [1.82, 2.24) is 10.9 Å². The van der Waals surface area contributed by atoms with Gasteiger partial charge in [-0.1, -0.05) is 29.4 Å². The van der Waals surface area contributed by atoms with Crippen molar-refractivity contribution >= 4 is 34.2 Å². The highest BCUT2D eigenvalue weighted by molar-refractivity contribution is 8.13. The molecule has 1 heterocycles. The first-order chi connectivity index (χ1) is 15.5. The zero-order valence-electron chi connectivity index (χ0n) is 19.1. The lowest BCUT2D eigenvalue weighted by molar-refractivity contribution is 0.287. The highest BCUT2D eigenvalue weighted by Gasteiger charge is 2.35. The van der Waals surface area contributed by atoms with Crippen LogP contribution in [0.4, 0.5) is 5.69 Å². The number of ether oxygens (including phenoxy) is 3. The lowest BCUT2D eigenvalue weighted by Gasteiger charge is -2.21. The second-order valence-electron chi connectivity index (χ2n) is 7.23. The molecule has 0 bridgehead atoms. The average molecular weight is 479 g/mol. The summed E-state index contributed by atoms with van der Waals surface area (Å²) in [6.45, 7) is 7.24. The Bertz CT molecular complexity index is 943. The van der Waals surface area contributed by atoms with Gasteiger partial charge in [-0.15, -0.1) is 0 Å². The third-order valence-corrected chi connectivity index (χ3v) is 6.03. The van der Waals surface area contributed by atoms with E-state index in [1.807, 2.05) is 44.4 Å².